The topological polar surface area (TPSA) is 20.2 Å². The molecule has 0 radical (unpaired) electrons. The molecule has 0 saturated heterocycles. The maximum absolute atomic E-state index is 9.66. The first-order valence-electron chi connectivity index (χ1n) is 4.66. The minimum atomic E-state index is -0.353. The second kappa shape index (κ2) is 5.22. The monoisotopic (exact) mass is 168 g/mol. The van der Waals surface area contributed by atoms with E-state index in [1.54, 1.807) is 0 Å². The van der Waals surface area contributed by atoms with Gasteiger partial charge in [0.1, 0.15) is 0 Å². The van der Waals surface area contributed by atoms with Gasteiger partial charge in [-0.2, -0.15) is 0 Å². The van der Waals surface area contributed by atoms with Crippen molar-refractivity contribution in [2.75, 3.05) is 0 Å². The third-order valence-corrected chi connectivity index (χ3v) is 2.39. The average molecular weight is 168 g/mol. The molecule has 0 aromatic carbocycles. The molecule has 12 heavy (non-hydrogen) atoms. The molecule has 1 nitrogen and oxygen atoms in total. The average Bonchev–Trinajstić information content (AvgIpc) is 2.01. The molecule has 1 unspecified atom stereocenters. The van der Waals surface area contributed by atoms with Crippen molar-refractivity contribution < 1.29 is 5.11 Å². The molecular weight excluding hydrogens is 148 g/mol. The van der Waals surface area contributed by atoms with Gasteiger partial charge in [-0.25, -0.2) is 0 Å². The maximum atomic E-state index is 9.66. The minimum absolute atomic E-state index is 0.0254. The van der Waals surface area contributed by atoms with Crippen molar-refractivity contribution in [2.24, 2.45) is 5.41 Å². The molecule has 1 atom stereocenters. The first-order chi connectivity index (χ1) is 5.54. The van der Waals surface area contributed by atoms with Gasteiger partial charge in [0.05, 0.1) is 6.10 Å². The SMILES string of the molecule is C#CCC(O)C(C)(C)CCCC. The lowest BCUT2D eigenvalue weighted by Crippen LogP contribution is -2.28. The van der Waals surface area contributed by atoms with E-state index in [-0.39, 0.29) is 11.5 Å². The normalized spacial score (nSPS) is 13.9. The van der Waals surface area contributed by atoms with Gasteiger partial charge in [0, 0.05) is 6.42 Å². The van der Waals surface area contributed by atoms with Crippen molar-refractivity contribution in [1.29, 1.82) is 0 Å². The summed E-state index contributed by atoms with van der Waals surface area (Å²) < 4.78 is 0. The van der Waals surface area contributed by atoms with Crippen LogP contribution in [0.25, 0.3) is 0 Å². The highest BCUT2D eigenvalue weighted by Crippen LogP contribution is 2.28. The van der Waals surface area contributed by atoms with E-state index in [1.165, 1.54) is 6.42 Å². The number of aliphatic hydroxyl groups excluding tert-OH is 1. The standard InChI is InChI=1S/C11H20O/c1-5-7-9-11(3,4)10(12)8-6-2/h2,10,12H,5,7-9H2,1,3-4H3. The molecule has 0 amide bonds. The fourth-order valence-electron chi connectivity index (χ4n) is 1.19. The van der Waals surface area contributed by atoms with Crippen LogP contribution in [0, 0.1) is 17.8 Å². The van der Waals surface area contributed by atoms with E-state index in [2.05, 4.69) is 26.7 Å². The third-order valence-electron chi connectivity index (χ3n) is 2.39. The lowest BCUT2D eigenvalue weighted by Gasteiger charge is -2.29. The van der Waals surface area contributed by atoms with Gasteiger partial charge in [0.15, 0.2) is 0 Å². The lowest BCUT2D eigenvalue weighted by atomic mass is 9.80. The van der Waals surface area contributed by atoms with Gasteiger partial charge in [-0.05, 0) is 11.8 Å². The molecular formula is C11H20O. The van der Waals surface area contributed by atoms with Crippen LogP contribution in [0.4, 0.5) is 0 Å². The molecule has 70 valence electrons. The van der Waals surface area contributed by atoms with Gasteiger partial charge in [-0.3, -0.25) is 0 Å². The molecule has 0 aliphatic carbocycles. The molecule has 0 aliphatic rings. The van der Waals surface area contributed by atoms with Crippen LogP contribution in [0.15, 0.2) is 0 Å². The van der Waals surface area contributed by atoms with Crippen LogP contribution in [0.3, 0.4) is 0 Å². The van der Waals surface area contributed by atoms with Gasteiger partial charge < -0.3 is 5.11 Å². The molecule has 1 heteroatoms. The number of hydrogen-bond donors (Lipinski definition) is 1. The summed E-state index contributed by atoms with van der Waals surface area (Å²) in [6.45, 7) is 6.30. The van der Waals surface area contributed by atoms with E-state index >= 15 is 0 Å². The Hall–Kier alpha value is -0.480. The van der Waals surface area contributed by atoms with Gasteiger partial charge in [-0.15, -0.1) is 12.3 Å². The first kappa shape index (κ1) is 11.5. The van der Waals surface area contributed by atoms with Crippen molar-refractivity contribution in [2.45, 2.75) is 52.6 Å². The molecule has 0 bridgehead atoms. The number of hydrogen-bond acceptors (Lipinski definition) is 1. The zero-order valence-corrected chi connectivity index (χ0v) is 8.43. The van der Waals surface area contributed by atoms with Crippen LogP contribution >= 0.6 is 0 Å². The van der Waals surface area contributed by atoms with Crippen molar-refractivity contribution in [3.63, 3.8) is 0 Å². The largest absolute Gasteiger partial charge is 0.392 e. The van der Waals surface area contributed by atoms with Crippen LogP contribution in [0.1, 0.15) is 46.5 Å². The number of rotatable bonds is 5. The highest BCUT2D eigenvalue weighted by Gasteiger charge is 2.25. The van der Waals surface area contributed by atoms with Crippen LogP contribution in [-0.2, 0) is 0 Å². The van der Waals surface area contributed by atoms with Crippen LogP contribution in [0.5, 0.6) is 0 Å². The fourth-order valence-corrected chi connectivity index (χ4v) is 1.19. The summed E-state index contributed by atoms with van der Waals surface area (Å²) in [7, 11) is 0. The Kier molecular flexibility index (Phi) is 5.01. The lowest BCUT2D eigenvalue weighted by molar-refractivity contribution is 0.0468. The van der Waals surface area contributed by atoms with Crippen molar-refractivity contribution in [3.8, 4) is 12.3 Å². The molecule has 0 saturated carbocycles. The first-order valence-corrected chi connectivity index (χ1v) is 4.66. The minimum Gasteiger partial charge on any atom is -0.392 e. The molecule has 1 N–H and O–H groups in total. The van der Waals surface area contributed by atoms with E-state index in [0.717, 1.165) is 12.8 Å². The number of unbranched alkanes of at least 4 members (excludes halogenated alkanes) is 1. The molecule has 0 aromatic rings. The Morgan fingerprint density at radius 1 is 1.50 bits per heavy atom. The van der Waals surface area contributed by atoms with Gasteiger partial charge >= 0.3 is 0 Å². The van der Waals surface area contributed by atoms with E-state index in [1.807, 2.05) is 0 Å². The van der Waals surface area contributed by atoms with Gasteiger partial charge in [-0.1, -0.05) is 33.6 Å². The van der Waals surface area contributed by atoms with E-state index < -0.39 is 0 Å². The Labute approximate surface area is 76.2 Å². The predicted octanol–water partition coefficient (Wildman–Crippen LogP) is 2.59. The molecule has 0 rings (SSSR count). The summed E-state index contributed by atoms with van der Waals surface area (Å²) >= 11 is 0. The summed E-state index contributed by atoms with van der Waals surface area (Å²) in [4.78, 5) is 0. The molecule has 0 heterocycles. The Bertz CT molecular complexity index is 153. The van der Waals surface area contributed by atoms with Gasteiger partial charge in [0.2, 0.25) is 0 Å². The zero-order valence-electron chi connectivity index (χ0n) is 8.43. The van der Waals surface area contributed by atoms with Crippen LogP contribution in [0.2, 0.25) is 0 Å². The Morgan fingerprint density at radius 3 is 2.50 bits per heavy atom. The third kappa shape index (κ3) is 3.78. The molecule has 0 fully saturated rings. The van der Waals surface area contributed by atoms with Gasteiger partial charge in [0.25, 0.3) is 0 Å². The Morgan fingerprint density at radius 2 is 2.08 bits per heavy atom. The second-order valence-corrected chi connectivity index (χ2v) is 4.02. The molecule has 0 spiro atoms. The van der Waals surface area contributed by atoms with Crippen LogP contribution in [-0.4, -0.2) is 11.2 Å². The summed E-state index contributed by atoms with van der Waals surface area (Å²) in [5.41, 5.74) is -0.0254. The van der Waals surface area contributed by atoms with Crippen molar-refractivity contribution in [1.82, 2.24) is 0 Å². The molecule has 0 aromatic heterocycles. The highest BCUT2D eigenvalue weighted by molar-refractivity contribution is 4.91. The zero-order chi connectivity index (χ0) is 9.61. The summed E-state index contributed by atoms with van der Waals surface area (Å²) in [5.74, 6) is 2.50. The summed E-state index contributed by atoms with van der Waals surface area (Å²) in [5, 5.41) is 9.66. The van der Waals surface area contributed by atoms with E-state index in [4.69, 9.17) is 6.42 Å². The number of aliphatic hydroxyl groups is 1. The quantitative estimate of drug-likeness (QED) is 0.626. The maximum Gasteiger partial charge on any atom is 0.0700 e. The summed E-state index contributed by atoms with van der Waals surface area (Å²) in [6.07, 6.45) is 8.64. The number of terminal acetylenes is 1. The fraction of sp³-hybridized carbons (Fsp3) is 0.818. The van der Waals surface area contributed by atoms with E-state index in [0.29, 0.717) is 6.42 Å². The summed E-state index contributed by atoms with van der Waals surface area (Å²) in [6, 6.07) is 0. The van der Waals surface area contributed by atoms with Crippen molar-refractivity contribution in [3.05, 3.63) is 0 Å². The van der Waals surface area contributed by atoms with Crippen molar-refractivity contribution >= 4 is 0 Å². The van der Waals surface area contributed by atoms with E-state index in [9.17, 15) is 5.11 Å². The molecule has 0 aliphatic heterocycles. The Balaban J connectivity index is 3.92. The highest BCUT2D eigenvalue weighted by atomic mass is 16.3. The second-order valence-electron chi connectivity index (χ2n) is 4.02. The van der Waals surface area contributed by atoms with Crippen LogP contribution < -0.4 is 0 Å². The predicted molar refractivity (Wildman–Crippen MR) is 52.8 cm³/mol. The smallest absolute Gasteiger partial charge is 0.0700 e.